The Bertz CT molecular complexity index is 1020. The standard InChI is InChI=1S/C24H32N6O3S/c1-17(2)30(23(32)33-24(3,4)5)16-19-8-7-9-20(28-19)29-22(31)27-14-15-34-21(25-6)18-10-12-26-13-11-18/h7-15,17H,16H2,1-6H3,(H2,27,28,29,31)/b15-14+,25-21?. The Hall–Kier alpha value is -3.40. The quantitative estimate of drug-likeness (QED) is 0.422. The number of thioether (sulfide) groups is 1. The summed E-state index contributed by atoms with van der Waals surface area (Å²) in [5.41, 5.74) is 0.983. The number of nitrogens with zero attached hydrogens (tertiary/aromatic N) is 4. The molecule has 0 aliphatic heterocycles. The van der Waals surface area contributed by atoms with E-state index in [0.717, 1.165) is 10.6 Å². The number of rotatable bonds is 7. The summed E-state index contributed by atoms with van der Waals surface area (Å²) >= 11 is 1.38. The van der Waals surface area contributed by atoms with Crippen LogP contribution in [0.4, 0.5) is 15.4 Å². The first-order chi connectivity index (χ1) is 16.1. The number of anilines is 1. The fourth-order valence-corrected chi connectivity index (χ4v) is 3.34. The van der Waals surface area contributed by atoms with Crippen LogP contribution in [0.1, 0.15) is 45.9 Å². The van der Waals surface area contributed by atoms with Crippen LogP contribution in [0.2, 0.25) is 0 Å². The van der Waals surface area contributed by atoms with Crippen molar-refractivity contribution in [2.75, 3.05) is 12.4 Å². The van der Waals surface area contributed by atoms with Crippen molar-refractivity contribution in [2.24, 2.45) is 4.99 Å². The highest BCUT2D eigenvalue weighted by Gasteiger charge is 2.24. The summed E-state index contributed by atoms with van der Waals surface area (Å²) in [6, 6.07) is 8.47. The van der Waals surface area contributed by atoms with Gasteiger partial charge in [0.2, 0.25) is 0 Å². The van der Waals surface area contributed by atoms with Gasteiger partial charge in [-0.3, -0.25) is 20.2 Å². The highest BCUT2D eigenvalue weighted by atomic mass is 32.2. The molecule has 2 N–H and O–H groups in total. The van der Waals surface area contributed by atoms with Crippen molar-refractivity contribution < 1.29 is 14.3 Å². The number of aliphatic imine (C=N–C) groups is 1. The number of urea groups is 1. The van der Waals surface area contributed by atoms with Crippen molar-refractivity contribution in [1.82, 2.24) is 20.2 Å². The molecule has 2 aromatic rings. The summed E-state index contributed by atoms with van der Waals surface area (Å²) in [5, 5.41) is 7.86. The topological polar surface area (TPSA) is 109 Å². The number of carbonyl (C=O) groups is 2. The highest BCUT2D eigenvalue weighted by molar-refractivity contribution is 8.16. The summed E-state index contributed by atoms with van der Waals surface area (Å²) in [5.74, 6) is 0.372. The van der Waals surface area contributed by atoms with E-state index >= 15 is 0 Å². The SMILES string of the molecule is CN=C(S/C=C/NC(=O)Nc1cccc(CN(C(=O)OC(C)(C)C)C(C)C)n1)c1ccncc1. The van der Waals surface area contributed by atoms with Gasteiger partial charge < -0.3 is 10.1 Å². The summed E-state index contributed by atoms with van der Waals surface area (Å²) in [6.07, 6.45) is 4.51. The first-order valence-corrected chi connectivity index (χ1v) is 11.7. The number of amides is 3. The molecule has 0 saturated carbocycles. The largest absolute Gasteiger partial charge is 0.444 e. The van der Waals surface area contributed by atoms with Gasteiger partial charge in [0.25, 0.3) is 0 Å². The molecule has 2 heterocycles. The average Bonchev–Trinajstić information content (AvgIpc) is 2.77. The Balaban J connectivity index is 1.93. The van der Waals surface area contributed by atoms with Crippen LogP contribution in [0.3, 0.4) is 0 Å². The van der Waals surface area contributed by atoms with Gasteiger partial charge in [-0.1, -0.05) is 17.8 Å². The number of hydrogen-bond acceptors (Lipinski definition) is 7. The van der Waals surface area contributed by atoms with E-state index in [1.165, 1.54) is 18.0 Å². The van der Waals surface area contributed by atoms with E-state index in [-0.39, 0.29) is 12.6 Å². The van der Waals surface area contributed by atoms with Gasteiger partial charge >= 0.3 is 12.1 Å². The van der Waals surface area contributed by atoms with Crippen LogP contribution in [-0.2, 0) is 11.3 Å². The molecule has 0 fully saturated rings. The van der Waals surface area contributed by atoms with E-state index < -0.39 is 17.7 Å². The average molecular weight is 485 g/mol. The van der Waals surface area contributed by atoms with Gasteiger partial charge in [-0.15, -0.1) is 0 Å². The Morgan fingerprint density at radius 3 is 2.53 bits per heavy atom. The maximum atomic E-state index is 12.5. The van der Waals surface area contributed by atoms with Crippen molar-refractivity contribution in [3.8, 4) is 0 Å². The van der Waals surface area contributed by atoms with Crippen LogP contribution in [-0.4, -0.2) is 50.7 Å². The summed E-state index contributed by atoms with van der Waals surface area (Å²) in [6.45, 7) is 9.56. The zero-order valence-electron chi connectivity index (χ0n) is 20.4. The number of pyridine rings is 2. The second kappa shape index (κ2) is 12.7. The lowest BCUT2D eigenvalue weighted by Gasteiger charge is -2.30. The third kappa shape index (κ3) is 9.22. The van der Waals surface area contributed by atoms with Crippen LogP contribution in [0, 0.1) is 0 Å². The molecular weight excluding hydrogens is 452 g/mol. The molecule has 2 aromatic heterocycles. The molecular formula is C24H32N6O3S. The molecule has 182 valence electrons. The smallest absolute Gasteiger partial charge is 0.410 e. The normalized spacial score (nSPS) is 12.0. The lowest BCUT2D eigenvalue weighted by atomic mass is 10.2. The second-order valence-electron chi connectivity index (χ2n) is 8.50. The molecule has 0 aliphatic rings. The lowest BCUT2D eigenvalue weighted by Crippen LogP contribution is -2.40. The molecule has 0 unspecified atom stereocenters. The van der Waals surface area contributed by atoms with E-state index in [4.69, 9.17) is 4.74 Å². The molecule has 0 saturated heterocycles. The fraction of sp³-hybridized carbons (Fsp3) is 0.375. The van der Waals surface area contributed by atoms with Crippen LogP contribution in [0.25, 0.3) is 0 Å². The minimum absolute atomic E-state index is 0.0806. The predicted octanol–water partition coefficient (Wildman–Crippen LogP) is 5.02. The van der Waals surface area contributed by atoms with E-state index in [9.17, 15) is 9.59 Å². The van der Waals surface area contributed by atoms with Crippen LogP contribution < -0.4 is 10.6 Å². The van der Waals surface area contributed by atoms with Gasteiger partial charge in [-0.2, -0.15) is 0 Å². The van der Waals surface area contributed by atoms with Crippen molar-refractivity contribution in [1.29, 1.82) is 0 Å². The minimum Gasteiger partial charge on any atom is -0.444 e. The van der Waals surface area contributed by atoms with Gasteiger partial charge in [0.1, 0.15) is 16.5 Å². The van der Waals surface area contributed by atoms with Gasteiger partial charge in [0, 0.05) is 37.2 Å². The van der Waals surface area contributed by atoms with E-state index in [1.54, 1.807) is 47.9 Å². The highest BCUT2D eigenvalue weighted by Crippen LogP contribution is 2.16. The summed E-state index contributed by atoms with van der Waals surface area (Å²) < 4.78 is 5.49. The number of aromatic nitrogens is 2. The molecule has 0 aliphatic carbocycles. The molecule has 2 rings (SSSR count). The summed E-state index contributed by atoms with van der Waals surface area (Å²) in [4.78, 5) is 39.1. The van der Waals surface area contributed by atoms with E-state index in [0.29, 0.717) is 11.5 Å². The van der Waals surface area contributed by atoms with Gasteiger partial charge in [-0.05, 0) is 64.3 Å². The van der Waals surface area contributed by atoms with E-state index in [1.807, 2.05) is 46.8 Å². The zero-order chi connectivity index (χ0) is 25.1. The number of nitrogens with one attached hydrogen (secondary N) is 2. The molecule has 0 bridgehead atoms. The molecule has 9 nitrogen and oxygen atoms in total. The maximum absolute atomic E-state index is 12.5. The third-order valence-electron chi connectivity index (χ3n) is 4.22. The molecule has 0 aromatic carbocycles. The predicted molar refractivity (Wildman–Crippen MR) is 137 cm³/mol. The first kappa shape index (κ1) is 26.8. The molecule has 34 heavy (non-hydrogen) atoms. The number of hydrogen-bond donors (Lipinski definition) is 2. The molecule has 10 heteroatoms. The Labute approximate surface area is 205 Å². The molecule has 0 atom stereocenters. The first-order valence-electron chi connectivity index (χ1n) is 10.8. The van der Waals surface area contributed by atoms with Gasteiger partial charge in [-0.25, -0.2) is 14.6 Å². The van der Waals surface area contributed by atoms with Gasteiger partial charge in [0.15, 0.2) is 0 Å². The van der Waals surface area contributed by atoms with Crippen LogP contribution >= 0.6 is 11.8 Å². The minimum atomic E-state index is -0.590. The Kier molecular flexibility index (Phi) is 10.1. The number of carbonyl (C=O) groups excluding carboxylic acids is 2. The maximum Gasteiger partial charge on any atom is 0.410 e. The van der Waals surface area contributed by atoms with Crippen LogP contribution in [0.15, 0.2) is 59.3 Å². The van der Waals surface area contributed by atoms with Crippen LogP contribution in [0.5, 0.6) is 0 Å². The van der Waals surface area contributed by atoms with Crippen molar-refractivity contribution in [3.05, 3.63) is 65.6 Å². The van der Waals surface area contributed by atoms with E-state index in [2.05, 4.69) is 25.6 Å². The molecule has 0 radical (unpaired) electrons. The second-order valence-corrected chi connectivity index (χ2v) is 9.39. The fourth-order valence-electron chi connectivity index (χ4n) is 2.70. The van der Waals surface area contributed by atoms with Gasteiger partial charge in [0.05, 0.1) is 12.2 Å². The van der Waals surface area contributed by atoms with Crippen molar-refractivity contribution in [2.45, 2.75) is 52.8 Å². The Morgan fingerprint density at radius 1 is 1.21 bits per heavy atom. The Morgan fingerprint density at radius 2 is 1.91 bits per heavy atom. The molecule has 0 spiro atoms. The van der Waals surface area contributed by atoms with Crippen molar-refractivity contribution >= 4 is 34.7 Å². The molecule has 3 amide bonds. The van der Waals surface area contributed by atoms with Crippen molar-refractivity contribution in [3.63, 3.8) is 0 Å². The monoisotopic (exact) mass is 484 g/mol. The lowest BCUT2D eigenvalue weighted by molar-refractivity contribution is 0.0169. The number of ether oxygens (including phenoxy) is 1. The third-order valence-corrected chi connectivity index (χ3v) is 5.14. The zero-order valence-corrected chi connectivity index (χ0v) is 21.2. The summed E-state index contributed by atoms with van der Waals surface area (Å²) in [7, 11) is 1.71.